The van der Waals surface area contributed by atoms with Crippen molar-refractivity contribution in [2.75, 3.05) is 38.2 Å². The molecule has 1 saturated carbocycles. The molecular formula is C27H35N3O6S2. The smallest absolute Gasteiger partial charge is 0.255 e. The van der Waals surface area contributed by atoms with Crippen molar-refractivity contribution in [3.8, 4) is 0 Å². The molecule has 2 heterocycles. The summed E-state index contributed by atoms with van der Waals surface area (Å²) in [7, 11) is -7.30. The SMILES string of the molecule is CC1(C)C[C@H]2C[C@](C)(CN2S(=O)(=O)c2ccc(C(=O)Nc3ccc(S(=O)(=O)N4CCOCC4)cc3)cc2)C1. The molecule has 9 nitrogen and oxygen atoms in total. The number of carbonyl (C=O) groups is 1. The van der Waals surface area contributed by atoms with E-state index in [4.69, 9.17) is 4.74 Å². The summed E-state index contributed by atoms with van der Waals surface area (Å²) in [5.74, 6) is -0.413. The third-order valence-corrected chi connectivity index (χ3v) is 11.6. The highest BCUT2D eigenvalue weighted by Crippen LogP contribution is 2.53. The number of amides is 1. The molecular weight excluding hydrogens is 526 g/mol. The number of anilines is 1. The van der Waals surface area contributed by atoms with Gasteiger partial charge in [0.1, 0.15) is 0 Å². The monoisotopic (exact) mass is 561 g/mol. The van der Waals surface area contributed by atoms with Gasteiger partial charge in [0.15, 0.2) is 0 Å². The Morgan fingerprint density at radius 3 is 2.08 bits per heavy atom. The molecule has 2 aliphatic heterocycles. The maximum absolute atomic E-state index is 13.5. The zero-order chi connectivity index (χ0) is 27.3. The van der Waals surface area contributed by atoms with Crippen LogP contribution >= 0.6 is 0 Å². The Balaban J connectivity index is 1.26. The average Bonchev–Trinajstić information content (AvgIpc) is 3.14. The van der Waals surface area contributed by atoms with Crippen molar-refractivity contribution in [3.63, 3.8) is 0 Å². The molecule has 38 heavy (non-hydrogen) atoms. The first-order chi connectivity index (χ1) is 17.8. The number of rotatable bonds is 6. The predicted molar refractivity (Wildman–Crippen MR) is 144 cm³/mol. The molecule has 5 rings (SSSR count). The Hall–Kier alpha value is -2.31. The molecule has 1 amide bonds. The Kier molecular flexibility index (Phi) is 6.96. The summed E-state index contributed by atoms with van der Waals surface area (Å²) in [6.07, 6.45) is 2.72. The number of hydrogen-bond acceptors (Lipinski definition) is 6. The number of morpholine rings is 1. The van der Waals surface area contributed by atoms with E-state index >= 15 is 0 Å². The van der Waals surface area contributed by atoms with Crippen molar-refractivity contribution >= 4 is 31.6 Å². The maximum atomic E-state index is 13.5. The van der Waals surface area contributed by atoms with Crippen LogP contribution in [0.25, 0.3) is 0 Å². The van der Waals surface area contributed by atoms with Gasteiger partial charge in [0.05, 0.1) is 23.0 Å². The van der Waals surface area contributed by atoms with E-state index in [1.54, 1.807) is 4.31 Å². The van der Waals surface area contributed by atoms with Crippen LogP contribution < -0.4 is 5.32 Å². The number of nitrogens with one attached hydrogen (secondary N) is 1. The van der Waals surface area contributed by atoms with Crippen LogP contribution in [0.4, 0.5) is 5.69 Å². The van der Waals surface area contributed by atoms with E-state index < -0.39 is 26.0 Å². The molecule has 2 bridgehead atoms. The molecule has 1 aliphatic carbocycles. The van der Waals surface area contributed by atoms with Gasteiger partial charge in [-0.25, -0.2) is 16.8 Å². The van der Waals surface area contributed by atoms with Gasteiger partial charge in [0, 0.05) is 36.9 Å². The largest absolute Gasteiger partial charge is 0.379 e. The van der Waals surface area contributed by atoms with Crippen molar-refractivity contribution in [3.05, 3.63) is 54.1 Å². The Bertz CT molecular complexity index is 1420. The number of hydrogen-bond donors (Lipinski definition) is 1. The van der Waals surface area contributed by atoms with Gasteiger partial charge in [-0.1, -0.05) is 20.8 Å². The Labute approximate surface area is 225 Å². The second-order valence-electron chi connectivity index (χ2n) is 11.8. The van der Waals surface area contributed by atoms with E-state index in [9.17, 15) is 21.6 Å². The molecule has 3 aliphatic rings. The standard InChI is InChI=1S/C27H35N3O6S2/c1-26(2)16-22-17-27(3,18-26)19-30(22)38(34,35)24-8-4-20(5-9-24)25(31)28-21-6-10-23(11-7-21)37(32,33)29-12-14-36-15-13-29/h4-11,22H,12-19H2,1-3H3,(H,28,31)/t22-,27-/m0/s1. The highest BCUT2D eigenvalue weighted by Gasteiger charge is 2.53. The van der Waals surface area contributed by atoms with Crippen LogP contribution in [-0.4, -0.2) is 70.2 Å². The van der Waals surface area contributed by atoms with Crippen molar-refractivity contribution < 1.29 is 26.4 Å². The normalized spacial score (nSPS) is 26.2. The van der Waals surface area contributed by atoms with Crippen molar-refractivity contribution in [1.82, 2.24) is 8.61 Å². The predicted octanol–water partition coefficient (Wildman–Crippen LogP) is 3.55. The van der Waals surface area contributed by atoms with Gasteiger partial charge in [-0.2, -0.15) is 8.61 Å². The maximum Gasteiger partial charge on any atom is 0.255 e. The molecule has 0 radical (unpaired) electrons. The minimum atomic E-state index is -3.68. The fourth-order valence-corrected chi connectivity index (χ4v) is 9.63. The number of carbonyl (C=O) groups excluding carboxylic acids is 1. The Morgan fingerprint density at radius 2 is 1.45 bits per heavy atom. The first kappa shape index (κ1) is 27.3. The summed E-state index contributed by atoms with van der Waals surface area (Å²) in [4.78, 5) is 13.1. The molecule has 1 N–H and O–H groups in total. The lowest BCUT2D eigenvalue weighted by molar-refractivity contribution is 0.0730. The number of nitrogens with zero attached hydrogens (tertiary/aromatic N) is 2. The molecule has 2 saturated heterocycles. The fraction of sp³-hybridized carbons (Fsp3) is 0.519. The third kappa shape index (κ3) is 5.27. The molecule has 11 heteroatoms. The van der Waals surface area contributed by atoms with Gasteiger partial charge >= 0.3 is 0 Å². The topological polar surface area (TPSA) is 113 Å². The van der Waals surface area contributed by atoms with E-state index in [1.165, 1.54) is 52.8 Å². The highest BCUT2D eigenvalue weighted by atomic mass is 32.2. The van der Waals surface area contributed by atoms with E-state index in [1.807, 2.05) is 0 Å². The molecule has 2 atom stereocenters. The first-order valence-corrected chi connectivity index (χ1v) is 15.8. The lowest BCUT2D eigenvalue weighted by atomic mass is 9.65. The first-order valence-electron chi connectivity index (χ1n) is 12.9. The minimum Gasteiger partial charge on any atom is -0.379 e. The third-order valence-electron chi connectivity index (χ3n) is 7.81. The summed E-state index contributed by atoms with van der Waals surface area (Å²) < 4.78 is 60.8. The fourth-order valence-electron chi connectivity index (χ4n) is 6.45. The molecule has 0 aromatic heterocycles. The van der Waals surface area contributed by atoms with Crippen LogP contribution in [-0.2, 0) is 24.8 Å². The second-order valence-corrected chi connectivity index (χ2v) is 15.6. The molecule has 0 unspecified atom stereocenters. The summed E-state index contributed by atoms with van der Waals surface area (Å²) >= 11 is 0. The number of fused-ring (bicyclic) bond motifs is 2. The number of sulfonamides is 2. The van der Waals surface area contributed by atoms with E-state index in [0.29, 0.717) is 44.1 Å². The van der Waals surface area contributed by atoms with Crippen LogP contribution in [0, 0.1) is 10.8 Å². The molecule has 2 aromatic rings. The number of ether oxygens (including phenoxy) is 1. The van der Waals surface area contributed by atoms with E-state index in [0.717, 1.165) is 19.3 Å². The summed E-state index contributed by atoms with van der Waals surface area (Å²) in [6.45, 7) is 8.45. The zero-order valence-corrected chi connectivity index (χ0v) is 23.6. The van der Waals surface area contributed by atoms with Crippen molar-refractivity contribution in [2.24, 2.45) is 10.8 Å². The molecule has 2 aromatic carbocycles. The lowest BCUT2D eigenvalue weighted by Crippen LogP contribution is -2.40. The van der Waals surface area contributed by atoms with Gasteiger partial charge in [0.25, 0.3) is 5.91 Å². The van der Waals surface area contributed by atoms with Crippen LogP contribution in [0.1, 0.15) is 50.4 Å². The summed E-state index contributed by atoms with van der Waals surface area (Å²) in [5.41, 5.74) is 0.834. The summed E-state index contributed by atoms with van der Waals surface area (Å²) in [6, 6.07) is 12.0. The van der Waals surface area contributed by atoms with E-state index in [-0.39, 0.29) is 26.7 Å². The second kappa shape index (κ2) is 9.71. The highest BCUT2D eigenvalue weighted by molar-refractivity contribution is 7.89. The van der Waals surface area contributed by atoms with Crippen molar-refractivity contribution in [2.45, 2.75) is 55.9 Å². The molecule has 206 valence electrons. The zero-order valence-electron chi connectivity index (χ0n) is 22.0. The summed E-state index contributed by atoms with van der Waals surface area (Å²) in [5, 5.41) is 2.75. The quantitative estimate of drug-likeness (QED) is 0.577. The molecule has 3 fully saturated rings. The van der Waals surface area contributed by atoms with Crippen LogP contribution in [0.2, 0.25) is 0 Å². The average molecular weight is 562 g/mol. The minimum absolute atomic E-state index is 0.00763. The molecule has 0 spiro atoms. The van der Waals surface area contributed by atoms with Gasteiger partial charge in [-0.05, 0) is 78.6 Å². The van der Waals surface area contributed by atoms with Gasteiger partial charge in [0.2, 0.25) is 20.0 Å². The van der Waals surface area contributed by atoms with Crippen LogP contribution in [0.15, 0.2) is 58.3 Å². The van der Waals surface area contributed by atoms with Gasteiger partial charge in [-0.15, -0.1) is 0 Å². The van der Waals surface area contributed by atoms with Crippen molar-refractivity contribution in [1.29, 1.82) is 0 Å². The number of benzene rings is 2. The van der Waals surface area contributed by atoms with E-state index in [2.05, 4.69) is 26.1 Å². The Morgan fingerprint density at radius 1 is 0.868 bits per heavy atom. The lowest BCUT2D eigenvalue weighted by Gasteiger charge is -2.39. The van der Waals surface area contributed by atoms with Gasteiger partial charge < -0.3 is 10.1 Å². The van der Waals surface area contributed by atoms with Crippen LogP contribution in [0.3, 0.4) is 0 Å². The van der Waals surface area contributed by atoms with Crippen LogP contribution in [0.5, 0.6) is 0 Å². The van der Waals surface area contributed by atoms with Gasteiger partial charge in [-0.3, -0.25) is 4.79 Å².